The number of rotatable bonds is 13. The number of benzene rings is 3. The van der Waals surface area contributed by atoms with E-state index in [1.54, 1.807) is 68.4 Å². The summed E-state index contributed by atoms with van der Waals surface area (Å²) < 4.78 is 35.3. The van der Waals surface area contributed by atoms with Crippen LogP contribution in [0.2, 0.25) is 10.0 Å². The first-order valence-corrected chi connectivity index (χ1v) is 17.6. The minimum Gasteiger partial charge on any atom is -0.492 e. The summed E-state index contributed by atoms with van der Waals surface area (Å²) in [6.07, 6.45) is 2.17. The molecule has 0 aliphatic heterocycles. The SMILES string of the molecule is CCOc1ccccc1N(CC(=O)N(Cc1ccc(Cl)cc1Cl)[C@@H](CC)C(=O)NC(C)(C)C)S(=O)(=O)c1ccc(SC)cc1. The zero-order valence-electron chi connectivity index (χ0n) is 25.8. The van der Waals surface area contributed by atoms with Gasteiger partial charge in [0.2, 0.25) is 11.8 Å². The molecule has 12 heteroatoms. The molecule has 0 heterocycles. The van der Waals surface area contributed by atoms with Crippen molar-refractivity contribution < 1.29 is 22.7 Å². The van der Waals surface area contributed by atoms with Crippen LogP contribution in [0, 0.1) is 0 Å². The molecule has 1 atom stereocenters. The second-order valence-corrected chi connectivity index (χ2v) is 14.6. The quantitative estimate of drug-likeness (QED) is 0.195. The number of anilines is 1. The van der Waals surface area contributed by atoms with Crippen molar-refractivity contribution in [3.8, 4) is 5.75 Å². The molecule has 2 amide bonds. The lowest BCUT2D eigenvalue weighted by Gasteiger charge is -2.35. The van der Waals surface area contributed by atoms with Gasteiger partial charge < -0.3 is 15.0 Å². The van der Waals surface area contributed by atoms with Crippen molar-refractivity contribution in [2.75, 3.05) is 23.7 Å². The Hall–Kier alpha value is -2.92. The van der Waals surface area contributed by atoms with E-state index in [-0.39, 0.29) is 36.1 Å². The number of para-hydroxylation sites is 2. The van der Waals surface area contributed by atoms with Crippen LogP contribution in [0.3, 0.4) is 0 Å². The first kappa shape index (κ1) is 35.6. The van der Waals surface area contributed by atoms with Gasteiger partial charge in [-0.05, 0) is 94.5 Å². The smallest absolute Gasteiger partial charge is 0.264 e. The second-order valence-electron chi connectivity index (χ2n) is 11.0. The molecule has 0 aliphatic rings. The molecule has 238 valence electrons. The predicted octanol–water partition coefficient (Wildman–Crippen LogP) is 7.03. The van der Waals surface area contributed by atoms with Gasteiger partial charge in [-0.25, -0.2) is 8.42 Å². The third kappa shape index (κ3) is 9.06. The molecule has 0 unspecified atom stereocenters. The monoisotopic (exact) mass is 679 g/mol. The highest BCUT2D eigenvalue weighted by Gasteiger charge is 2.35. The van der Waals surface area contributed by atoms with Crippen LogP contribution in [0.4, 0.5) is 5.69 Å². The number of sulfonamides is 1. The highest BCUT2D eigenvalue weighted by atomic mass is 35.5. The molecular formula is C32H39Cl2N3O5S2. The number of nitrogens with zero attached hydrogens (tertiary/aromatic N) is 2. The van der Waals surface area contributed by atoms with Crippen molar-refractivity contribution in [2.45, 2.75) is 69.0 Å². The van der Waals surface area contributed by atoms with Crippen LogP contribution in [0.1, 0.15) is 46.6 Å². The normalized spacial score (nSPS) is 12.4. The van der Waals surface area contributed by atoms with Gasteiger partial charge in [0.15, 0.2) is 0 Å². The molecule has 0 fully saturated rings. The topological polar surface area (TPSA) is 96.0 Å². The first-order valence-electron chi connectivity index (χ1n) is 14.2. The number of carbonyl (C=O) groups is 2. The number of hydrogen-bond donors (Lipinski definition) is 1. The fraction of sp³-hybridized carbons (Fsp3) is 0.375. The summed E-state index contributed by atoms with van der Waals surface area (Å²) in [7, 11) is -4.26. The Balaban J connectivity index is 2.15. The van der Waals surface area contributed by atoms with Crippen LogP contribution >= 0.6 is 35.0 Å². The van der Waals surface area contributed by atoms with Crippen molar-refractivity contribution in [3.63, 3.8) is 0 Å². The Kier molecular flexibility index (Phi) is 12.4. The van der Waals surface area contributed by atoms with E-state index >= 15 is 0 Å². The van der Waals surface area contributed by atoms with E-state index in [0.717, 1.165) is 9.20 Å². The maximum absolute atomic E-state index is 14.4. The molecule has 0 spiro atoms. The molecule has 0 saturated carbocycles. The van der Waals surface area contributed by atoms with Crippen molar-refractivity contribution in [1.82, 2.24) is 10.2 Å². The molecule has 44 heavy (non-hydrogen) atoms. The average Bonchev–Trinajstić information content (AvgIpc) is 2.96. The number of amides is 2. The van der Waals surface area contributed by atoms with Crippen molar-refractivity contribution in [1.29, 1.82) is 0 Å². The van der Waals surface area contributed by atoms with Crippen molar-refractivity contribution >= 4 is 62.5 Å². The summed E-state index contributed by atoms with van der Waals surface area (Å²) in [6, 6.07) is 17.1. The summed E-state index contributed by atoms with van der Waals surface area (Å²) >= 11 is 14.1. The lowest BCUT2D eigenvalue weighted by Crippen LogP contribution is -2.55. The van der Waals surface area contributed by atoms with E-state index in [0.29, 0.717) is 21.4 Å². The minimum absolute atomic E-state index is 0.0132. The van der Waals surface area contributed by atoms with Crippen LogP contribution < -0.4 is 14.4 Å². The van der Waals surface area contributed by atoms with E-state index in [1.807, 2.05) is 27.0 Å². The first-order chi connectivity index (χ1) is 20.7. The molecule has 8 nitrogen and oxygen atoms in total. The molecule has 3 rings (SSSR count). The van der Waals surface area contributed by atoms with Crippen LogP contribution in [-0.2, 0) is 26.2 Å². The Morgan fingerprint density at radius 1 is 1.00 bits per heavy atom. The number of ether oxygens (including phenoxy) is 1. The number of halogens is 2. The van der Waals surface area contributed by atoms with E-state index in [1.165, 1.54) is 28.8 Å². The van der Waals surface area contributed by atoms with Gasteiger partial charge in [-0.2, -0.15) is 0 Å². The number of hydrogen-bond acceptors (Lipinski definition) is 6. The summed E-state index contributed by atoms with van der Waals surface area (Å²) in [5.74, 6) is -0.658. The zero-order chi connectivity index (χ0) is 32.7. The van der Waals surface area contributed by atoms with Gasteiger partial charge in [0.1, 0.15) is 18.3 Å². The van der Waals surface area contributed by atoms with Gasteiger partial charge >= 0.3 is 0 Å². The summed E-state index contributed by atoms with van der Waals surface area (Å²) in [5, 5.41) is 3.70. The van der Waals surface area contributed by atoms with Crippen molar-refractivity contribution in [3.05, 3.63) is 82.3 Å². The molecule has 1 N–H and O–H groups in total. The van der Waals surface area contributed by atoms with E-state index in [2.05, 4.69) is 5.32 Å². The zero-order valence-corrected chi connectivity index (χ0v) is 28.9. The van der Waals surface area contributed by atoms with Gasteiger partial charge in [-0.1, -0.05) is 48.3 Å². The fourth-order valence-corrected chi connectivity index (χ4v) is 6.84. The fourth-order valence-electron chi connectivity index (χ4n) is 4.53. The standard InChI is InChI=1S/C32H39Cl2N3O5S2/c1-7-27(31(39)35-32(3,4)5)36(20-22-13-14-23(33)19-26(22)34)30(38)21-37(28-11-9-10-12-29(28)42-8-2)44(40,41)25-17-15-24(43-6)16-18-25/h9-19,27H,7-8,20-21H2,1-6H3,(H,35,39)/t27-/m0/s1. The van der Waals surface area contributed by atoms with Gasteiger partial charge in [-0.15, -0.1) is 11.8 Å². The number of nitrogens with one attached hydrogen (secondary N) is 1. The predicted molar refractivity (Wildman–Crippen MR) is 179 cm³/mol. The van der Waals surface area contributed by atoms with Crippen LogP contribution in [0.15, 0.2) is 76.5 Å². The van der Waals surface area contributed by atoms with E-state index in [4.69, 9.17) is 27.9 Å². The second kappa shape index (κ2) is 15.4. The number of thioether (sulfide) groups is 1. The van der Waals surface area contributed by atoms with Crippen LogP contribution in [-0.4, -0.2) is 56.1 Å². The molecule has 3 aromatic carbocycles. The summed E-state index contributed by atoms with van der Waals surface area (Å²) in [5.41, 5.74) is 0.197. The molecule has 0 radical (unpaired) electrons. The Labute approximate surface area is 275 Å². The largest absolute Gasteiger partial charge is 0.492 e. The highest BCUT2D eigenvalue weighted by molar-refractivity contribution is 7.98. The van der Waals surface area contributed by atoms with Gasteiger partial charge in [0, 0.05) is 27.0 Å². The molecule has 3 aromatic rings. The third-order valence-corrected chi connectivity index (χ3v) is 9.70. The average molecular weight is 681 g/mol. The Bertz CT molecular complexity index is 1560. The van der Waals surface area contributed by atoms with Crippen LogP contribution in [0.25, 0.3) is 0 Å². The van der Waals surface area contributed by atoms with Crippen molar-refractivity contribution in [2.24, 2.45) is 0 Å². The van der Waals surface area contributed by atoms with E-state index in [9.17, 15) is 18.0 Å². The molecule has 0 saturated heterocycles. The lowest BCUT2D eigenvalue weighted by atomic mass is 10.1. The lowest BCUT2D eigenvalue weighted by molar-refractivity contribution is -0.141. The molecule has 0 aromatic heterocycles. The maximum Gasteiger partial charge on any atom is 0.264 e. The highest BCUT2D eigenvalue weighted by Crippen LogP contribution is 2.34. The van der Waals surface area contributed by atoms with E-state index < -0.39 is 34.1 Å². The van der Waals surface area contributed by atoms with Gasteiger partial charge in [0.25, 0.3) is 10.0 Å². The Morgan fingerprint density at radius 3 is 2.23 bits per heavy atom. The molecular weight excluding hydrogens is 641 g/mol. The molecule has 0 aliphatic carbocycles. The summed E-state index contributed by atoms with van der Waals surface area (Å²) in [6.45, 7) is 8.77. The van der Waals surface area contributed by atoms with Gasteiger partial charge in [-0.3, -0.25) is 13.9 Å². The van der Waals surface area contributed by atoms with Crippen LogP contribution in [0.5, 0.6) is 5.75 Å². The minimum atomic E-state index is -4.26. The summed E-state index contributed by atoms with van der Waals surface area (Å²) in [4.78, 5) is 30.2. The maximum atomic E-state index is 14.4. The van der Waals surface area contributed by atoms with Gasteiger partial charge in [0.05, 0.1) is 17.2 Å². The Morgan fingerprint density at radius 2 is 1.66 bits per heavy atom. The third-order valence-electron chi connectivity index (χ3n) is 6.60. The molecule has 0 bridgehead atoms. The number of carbonyl (C=O) groups excluding carboxylic acids is 2.